The number of nitrogens with two attached hydrogens (primary N) is 1. The summed E-state index contributed by atoms with van der Waals surface area (Å²) in [4.78, 5) is 0. The number of nitrogens with zero attached hydrogens (tertiary/aromatic N) is 1. The molecule has 0 amide bonds. The van der Waals surface area contributed by atoms with Gasteiger partial charge in [0.1, 0.15) is 0 Å². The number of hydrogen-bond acceptors (Lipinski definition) is 2. The van der Waals surface area contributed by atoms with Crippen molar-refractivity contribution in [2.24, 2.45) is 5.84 Å². The standard InChI is InChI=1S/C7H16N2/c1-2-9(8)7-5-3-4-6-7/h7H,2-6,8H2,1H3. The molecule has 0 radical (unpaired) electrons. The number of hydrazine groups is 1. The number of rotatable bonds is 2. The molecule has 0 aromatic carbocycles. The van der Waals surface area contributed by atoms with Gasteiger partial charge in [-0.25, -0.2) is 5.01 Å². The van der Waals surface area contributed by atoms with Crippen molar-refractivity contribution >= 4 is 0 Å². The van der Waals surface area contributed by atoms with Gasteiger partial charge in [-0.2, -0.15) is 0 Å². The van der Waals surface area contributed by atoms with Crippen LogP contribution in [0.25, 0.3) is 0 Å². The van der Waals surface area contributed by atoms with Gasteiger partial charge in [-0.15, -0.1) is 0 Å². The Labute approximate surface area is 57.0 Å². The Morgan fingerprint density at radius 2 is 2.00 bits per heavy atom. The Balaban J connectivity index is 2.24. The average Bonchev–Trinajstić information content (AvgIpc) is 2.37. The van der Waals surface area contributed by atoms with E-state index in [1.165, 1.54) is 25.7 Å². The molecular formula is C7H16N2. The van der Waals surface area contributed by atoms with E-state index in [0.717, 1.165) is 6.54 Å². The molecule has 0 heterocycles. The van der Waals surface area contributed by atoms with E-state index in [1.807, 2.05) is 5.01 Å². The average molecular weight is 128 g/mol. The van der Waals surface area contributed by atoms with Crippen molar-refractivity contribution in [3.05, 3.63) is 0 Å². The predicted molar refractivity (Wildman–Crippen MR) is 38.8 cm³/mol. The molecule has 0 spiro atoms. The summed E-state index contributed by atoms with van der Waals surface area (Å²) in [6, 6.07) is 0.690. The van der Waals surface area contributed by atoms with Gasteiger partial charge in [0.25, 0.3) is 0 Å². The molecule has 9 heavy (non-hydrogen) atoms. The van der Waals surface area contributed by atoms with Crippen LogP contribution < -0.4 is 5.84 Å². The minimum Gasteiger partial charge on any atom is -0.269 e. The summed E-state index contributed by atoms with van der Waals surface area (Å²) in [5.74, 6) is 5.71. The molecule has 1 fully saturated rings. The molecule has 1 aliphatic carbocycles. The van der Waals surface area contributed by atoms with Crippen molar-refractivity contribution in [2.45, 2.75) is 38.6 Å². The van der Waals surface area contributed by atoms with Crippen molar-refractivity contribution in [1.82, 2.24) is 5.01 Å². The Kier molecular flexibility index (Phi) is 2.49. The Morgan fingerprint density at radius 1 is 1.44 bits per heavy atom. The van der Waals surface area contributed by atoms with Crippen LogP contribution in [0.4, 0.5) is 0 Å². The van der Waals surface area contributed by atoms with Gasteiger partial charge in [-0.1, -0.05) is 19.8 Å². The second kappa shape index (κ2) is 3.18. The van der Waals surface area contributed by atoms with Gasteiger partial charge in [0.15, 0.2) is 0 Å². The Bertz CT molecular complexity index is 77.0. The molecule has 2 nitrogen and oxygen atoms in total. The molecule has 2 heteroatoms. The third kappa shape index (κ3) is 1.66. The first-order valence-corrected chi connectivity index (χ1v) is 3.86. The van der Waals surface area contributed by atoms with Crippen LogP contribution in [0.15, 0.2) is 0 Å². The molecule has 0 aliphatic heterocycles. The SMILES string of the molecule is CCN(N)C1CCCC1. The van der Waals surface area contributed by atoms with E-state index in [4.69, 9.17) is 5.84 Å². The smallest absolute Gasteiger partial charge is 0.0241 e. The van der Waals surface area contributed by atoms with Crippen LogP contribution in [0.1, 0.15) is 32.6 Å². The third-order valence-corrected chi connectivity index (χ3v) is 2.16. The zero-order chi connectivity index (χ0) is 6.69. The lowest BCUT2D eigenvalue weighted by molar-refractivity contribution is 0.214. The maximum atomic E-state index is 5.71. The molecule has 1 saturated carbocycles. The van der Waals surface area contributed by atoms with Crippen molar-refractivity contribution in [1.29, 1.82) is 0 Å². The summed E-state index contributed by atoms with van der Waals surface area (Å²) in [5, 5.41) is 1.97. The van der Waals surface area contributed by atoms with Gasteiger partial charge < -0.3 is 0 Å². The fraction of sp³-hybridized carbons (Fsp3) is 1.00. The molecule has 1 rings (SSSR count). The second-order valence-corrected chi connectivity index (χ2v) is 2.77. The zero-order valence-electron chi connectivity index (χ0n) is 6.14. The lowest BCUT2D eigenvalue weighted by Gasteiger charge is -2.20. The highest BCUT2D eigenvalue weighted by molar-refractivity contribution is 4.72. The third-order valence-electron chi connectivity index (χ3n) is 2.16. The fourth-order valence-corrected chi connectivity index (χ4v) is 1.49. The van der Waals surface area contributed by atoms with Gasteiger partial charge >= 0.3 is 0 Å². The highest BCUT2D eigenvalue weighted by atomic mass is 15.4. The summed E-state index contributed by atoms with van der Waals surface area (Å²) in [7, 11) is 0. The number of hydrogen-bond donors (Lipinski definition) is 1. The van der Waals surface area contributed by atoms with E-state index in [0.29, 0.717) is 6.04 Å². The van der Waals surface area contributed by atoms with Crippen molar-refractivity contribution in [2.75, 3.05) is 6.54 Å². The van der Waals surface area contributed by atoms with Crippen LogP contribution in [0.3, 0.4) is 0 Å². The lowest BCUT2D eigenvalue weighted by atomic mass is 10.2. The van der Waals surface area contributed by atoms with Crippen molar-refractivity contribution in [3.63, 3.8) is 0 Å². The van der Waals surface area contributed by atoms with Gasteiger partial charge in [-0.3, -0.25) is 5.84 Å². The molecule has 0 bridgehead atoms. The molecule has 2 N–H and O–H groups in total. The van der Waals surface area contributed by atoms with Gasteiger partial charge in [0.2, 0.25) is 0 Å². The molecule has 0 aromatic heterocycles. The highest BCUT2D eigenvalue weighted by Crippen LogP contribution is 2.20. The van der Waals surface area contributed by atoms with Crippen LogP contribution >= 0.6 is 0 Å². The van der Waals surface area contributed by atoms with Crippen LogP contribution in [0, 0.1) is 0 Å². The summed E-state index contributed by atoms with van der Waals surface area (Å²) in [6.07, 6.45) is 5.37. The Morgan fingerprint density at radius 3 is 2.44 bits per heavy atom. The van der Waals surface area contributed by atoms with E-state index >= 15 is 0 Å². The van der Waals surface area contributed by atoms with Gasteiger partial charge in [-0.05, 0) is 12.8 Å². The first kappa shape index (κ1) is 7.03. The van der Waals surface area contributed by atoms with Crippen LogP contribution in [-0.4, -0.2) is 17.6 Å². The Hall–Kier alpha value is -0.0800. The van der Waals surface area contributed by atoms with Gasteiger partial charge in [0, 0.05) is 12.6 Å². The van der Waals surface area contributed by atoms with Crippen molar-refractivity contribution in [3.8, 4) is 0 Å². The predicted octanol–water partition coefficient (Wildman–Crippen LogP) is 1.12. The topological polar surface area (TPSA) is 29.3 Å². The largest absolute Gasteiger partial charge is 0.269 e. The highest BCUT2D eigenvalue weighted by Gasteiger charge is 2.17. The van der Waals surface area contributed by atoms with Crippen molar-refractivity contribution < 1.29 is 0 Å². The molecule has 54 valence electrons. The molecular weight excluding hydrogens is 112 g/mol. The fourth-order valence-electron chi connectivity index (χ4n) is 1.49. The quantitative estimate of drug-likeness (QED) is 0.446. The second-order valence-electron chi connectivity index (χ2n) is 2.77. The molecule has 0 atom stereocenters. The van der Waals surface area contributed by atoms with Gasteiger partial charge in [0.05, 0.1) is 0 Å². The van der Waals surface area contributed by atoms with Crippen LogP contribution in [-0.2, 0) is 0 Å². The van der Waals surface area contributed by atoms with Crippen LogP contribution in [0.2, 0.25) is 0 Å². The van der Waals surface area contributed by atoms with E-state index in [2.05, 4.69) is 6.92 Å². The zero-order valence-corrected chi connectivity index (χ0v) is 6.14. The molecule has 0 aromatic rings. The summed E-state index contributed by atoms with van der Waals surface area (Å²) >= 11 is 0. The van der Waals surface area contributed by atoms with E-state index in [-0.39, 0.29) is 0 Å². The first-order valence-electron chi connectivity index (χ1n) is 3.86. The molecule has 0 unspecified atom stereocenters. The first-order chi connectivity index (χ1) is 4.34. The maximum Gasteiger partial charge on any atom is 0.0241 e. The lowest BCUT2D eigenvalue weighted by Crippen LogP contribution is -2.38. The summed E-state index contributed by atoms with van der Waals surface area (Å²) in [6.45, 7) is 3.10. The molecule has 0 saturated heterocycles. The summed E-state index contributed by atoms with van der Waals surface area (Å²) < 4.78 is 0. The van der Waals surface area contributed by atoms with E-state index < -0.39 is 0 Å². The monoisotopic (exact) mass is 128 g/mol. The minimum atomic E-state index is 0.690. The van der Waals surface area contributed by atoms with Crippen LogP contribution in [0.5, 0.6) is 0 Å². The summed E-state index contributed by atoms with van der Waals surface area (Å²) in [5.41, 5.74) is 0. The van der Waals surface area contributed by atoms with E-state index in [1.54, 1.807) is 0 Å². The normalized spacial score (nSPS) is 21.7. The van der Waals surface area contributed by atoms with E-state index in [9.17, 15) is 0 Å². The minimum absolute atomic E-state index is 0.690. The molecule has 1 aliphatic rings. The maximum absolute atomic E-state index is 5.71.